The first-order chi connectivity index (χ1) is 10.4. The second-order valence-corrected chi connectivity index (χ2v) is 7.02. The fraction of sp³-hybridized carbons (Fsp3) is 0.579. The van der Waals surface area contributed by atoms with Gasteiger partial charge in [0.1, 0.15) is 11.9 Å². The Balaban J connectivity index is 1.71. The van der Waals surface area contributed by atoms with Crippen molar-refractivity contribution in [2.75, 3.05) is 7.11 Å². The van der Waals surface area contributed by atoms with Crippen LogP contribution in [-0.2, 0) is 16.1 Å². The zero-order chi connectivity index (χ0) is 16.0. The molecule has 0 saturated carbocycles. The summed E-state index contributed by atoms with van der Waals surface area (Å²) in [5, 5.41) is 0. The quantitative estimate of drug-likeness (QED) is 0.766. The van der Waals surface area contributed by atoms with Gasteiger partial charge >= 0.3 is 0 Å². The van der Waals surface area contributed by atoms with Gasteiger partial charge in [0.05, 0.1) is 24.9 Å². The van der Waals surface area contributed by atoms with Crippen LogP contribution in [0.5, 0.6) is 5.75 Å². The minimum absolute atomic E-state index is 0.0225. The van der Waals surface area contributed by atoms with Crippen LogP contribution in [0.4, 0.5) is 0 Å². The predicted octanol–water partition coefficient (Wildman–Crippen LogP) is 4.11. The van der Waals surface area contributed by atoms with E-state index < -0.39 is 0 Å². The molecule has 2 saturated heterocycles. The third kappa shape index (κ3) is 2.27. The maximum atomic E-state index is 6.41. The van der Waals surface area contributed by atoms with Crippen LogP contribution < -0.4 is 4.74 Å². The number of ether oxygens (including phenoxy) is 3. The van der Waals surface area contributed by atoms with Crippen LogP contribution in [0.25, 0.3) is 0 Å². The van der Waals surface area contributed by atoms with E-state index in [9.17, 15) is 0 Å². The summed E-state index contributed by atoms with van der Waals surface area (Å²) >= 11 is 0. The lowest BCUT2D eigenvalue weighted by molar-refractivity contribution is -0.0959. The van der Waals surface area contributed by atoms with Crippen molar-refractivity contribution in [3.05, 3.63) is 42.0 Å². The van der Waals surface area contributed by atoms with Crippen LogP contribution in [0.15, 0.2) is 36.4 Å². The Kier molecular flexibility index (Phi) is 3.82. The molecule has 2 bridgehead atoms. The first-order valence-electron chi connectivity index (χ1n) is 8.05. The lowest BCUT2D eigenvalue weighted by Gasteiger charge is -2.34. The highest BCUT2D eigenvalue weighted by atomic mass is 16.6. The molecule has 3 atom stereocenters. The molecule has 3 rings (SSSR count). The molecule has 0 unspecified atom stereocenters. The van der Waals surface area contributed by atoms with Gasteiger partial charge in [0.25, 0.3) is 0 Å². The molecule has 22 heavy (non-hydrogen) atoms. The van der Waals surface area contributed by atoms with Crippen molar-refractivity contribution in [1.29, 1.82) is 0 Å². The van der Waals surface area contributed by atoms with E-state index in [1.165, 1.54) is 0 Å². The molecule has 120 valence electrons. The van der Waals surface area contributed by atoms with Gasteiger partial charge in [-0.2, -0.15) is 0 Å². The van der Waals surface area contributed by atoms with Gasteiger partial charge < -0.3 is 14.2 Å². The highest BCUT2D eigenvalue weighted by Gasteiger charge is 2.63. The summed E-state index contributed by atoms with van der Waals surface area (Å²) in [6, 6.07) is 8.00. The highest BCUT2D eigenvalue weighted by Crippen LogP contribution is 2.57. The minimum atomic E-state index is -0.228. The molecule has 3 nitrogen and oxygen atoms in total. The van der Waals surface area contributed by atoms with Gasteiger partial charge in [0, 0.05) is 0 Å². The van der Waals surface area contributed by atoms with Crippen molar-refractivity contribution in [3.63, 3.8) is 0 Å². The standard InChI is InChI=1S/C19H26O3/c1-13(2)19-11-10-18(4,22-19)17(14(19)3)21-12-15-6-8-16(20-5)9-7-15/h6-9,13,17H,3,10-12H2,1-2,4-5H3/t17-,18+,19+/m1/s1. The summed E-state index contributed by atoms with van der Waals surface area (Å²) in [7, 11) is 1.67. The molecule has 0 spiro atoms. The Morgan fingerprint density at radius 1 is 1.27 bits per heavy atom. The molecular weight excluding hydrogens is 276 g/mol. The second-order valence-electron chi connectivity index (χ2n) is 7.02. The van der Waals surface area contributed by atoms with Crippen molar-refractivity contribution in [2.24, 2.45) is 5.92 Å². The average Bonchev–Trinajstić information content (AvgIpc) is 2.97. The van der Waals surface area contributed by atoms with Gasteiger partial charge in [-0.1, -0.05) is 32.6 Å². The van der Waals surface area contributed by atoms with E-state index in [-0.39, 0.29) is 17.3 Å². The normalized spacial score (nSPS) is 33.7. The molecule has 1 aromatic carbocycles. The van der Waals surface area contributed by atoms with E-state index in [1.807, 2.05) is 24.3 Å². The number of hydrogen-bond donors (Lipinski definition) is 0. The molecule has 1 aromatic rings. The molecule has 0 radical (unpaired) electrons. The number of methoxy groups -OCH3 is 1. The van der Waals surface area contributed by atoms with Crippen LogP contribution in [0, 0.1) is 5.92 Å². The van der Waals surface area contributed by atoms with E-state index in [4.69, 9.17) is 14.2 Å². The Morgan fingerprint density at radius 3 is 2.50 bits per heavy atom. The maximum absolute atomic E-state index is 6.41. The fourth-order valence-electron chi connectivity index (χ4n) is 3.91. The van der Waals surface area contributed by atoms with Crippen LogP contribution >= 0.6 is 0 Å². The van der Waals surface area contributed by atoms with Crippen LogP contribution in [-0.4, -0.2) is 24.4 Å². The zero-order valence-electron chi connectivity index (χ0n) is 14.0. The SMILES string of the molecule is C=C1[C@@H](OCc2ccc(OC)cc2)[C@]2(C)CC[C@@]1(C(C)C)O2. The van der Waals surface area contributed by atoms with Gasteiger partial charge in [-0.15, -0.1) is 0 Å². The lowest BCUT2D eigenvalue weighted by atomic mass is 9.72. The highest BCUT2D eigenvalue weighted by molar-refractivity contribution is 5.34. The van der Waals surface area contributed by atoms with Crippen LogP contribution in [0.1, 0.15) is 39.2 Å². The number of rotatable bonds is 5. The van der Waals surface area contributed by atoms with Crippen molar-refractivity contribution in [3.8, 4) is 5.75 Å². The van der Waals surface area contributed by atoms with Crippen LogP contribution in [0.3, 0.4) is 0 Å². The van der Waals surface area contributed by atoms with Crippen molar-refractivity contribution < 1.29 is 14.2 Å². The topological polar surface area (TPSA) is 27.7 Å². The summed E-state index contributed by atoms with van der Waals surface area (Å²) in [5.41, 5.74) is 1.83. The molecular formula is C19H26O3. The van der Waals surface area contributed by atoms with Gasteiger partial charge in [-0.25, -0.2) is 0 Å². The summed E-state index contributed by atoms with van der Waals surface area (Å²) in [6.45, 7) is 11.5. The summed E-state index contributed by atoms with van der Waals surface area (Å²) in [6.07, 6.45) is 2.07. The van der Waals surface area contributed by atoms with Crippen molar-refractivity contribution in [2.45, 2.75) is 57.5 Å². The molecule has 2 aliphatic rings. The Bertz CT molecular complexity index is 563. The number of fused-ring (bicyclic) bond motifs is 2. The zero-order valence-corrected chi connectivity index (χ0v) is 14.0. The molecule has 3 heteroatoms. The molecule has 2 aliphatic heterocycles. The monoisotopic (exact) mass is 302 g/mol. The van der Waals surface area contributed by atoms with Gasteiger partial charge in [-0.3, -0.25) is 0 Å². The molecule has 0 aliphatic carbocycles. The number of hydrogen-bond acceptors (Lipinski definition) is 3. The third-order valence-corrected chi connectivity index (χ3v) is 5.33. The molecule has 0 N–H and O–H groups in total. The van der Waals surface area contributed by atoms with Gasteiger partial charge in [0.2, 0.25) is 0 Å². The fourth-order valence-corrected chi connectivity index (χ4v) is 3.91. The largest absolute Gasteiger partial charge is 0.497 e. The smallest absolute Gasteiger partial charge is 0.118 e. The van der Waals surface area contributed by atoms with Gasteiger partial charge in [0.15, 0.2) is 0 Å². The van der Waals surface area contributed by atoms with E-state index in [1.54, 1.807) is 7.11 Å². The molecule has 0 aromatic heterocycles. The first-order valence-corrected chi connectivity index (χ1v) is 8.05. The minimum Gasteiger partial charge on any atom is -0.497 e. The molecule has 2 fully saturated rings. The van der Waals surface area contributed by atoms with Crippen LogP contribution in [0.2, 0.25) is 0 Å². The number of benzene rings is 1. The third-order valence-electron chi connectivity index (χ3n) is 5.33. The molecule has 0 amide bonds. The van der Waals surface area contributed by atoms with Gasteiger partial charge in [-0.05, 0) is 49.0 Å². The summed E-state index contributed by atoms with van der Waals surface area (Å²) in [4.78, 5) is 0. The Hall–Kier alpha value is -1.32. The van der Waals surface area contributed by atoms with E-state index in [0.717, 1.165) is 29.7 Å². The average molecular weight is 302 g/mol. The summed E-state index contributed by atoms with van der Waals surface area (Å²) < 4.78 is 17.8. The lowest BCUT2D eigenvalue weighted by Crippen LogP contribution is -2.40. The van der Waals surface area contributed by atoms with Crippen molar-refractivity contribution >= 4 is 0 Å². The Morgan fingerprint density at radius 2 is 1.95 bits per heavy atom. The van der Waals surface area contributed by atoms with E-state index in [0.29, 0.717) is 12.5 Å². The predicted molar refractivity (Wildman–Crippen MR) is 87.0 cm³/mol. The van der Waals surface area contributed by atoms with Crippen molar-refractivity contribution in [1.82, 2.24) is 0 Å². The molecule has 2 heterocycles. The second kappa shape index (κ2) is 5.39. The Labute approximate surface area is 133 Å². The maximum Gasteiger partial charge on any atom is 0.118 e. The first kappa shape index (κ1) is 15.6. The van der Waals surface area contributed by atoms with E-state index >= 15 is 0 Å². The summed E-state index contributed by atoms with van der Waals surface area (Å²) in [5.74, 6) is 1.29. The van der Waals surface area contributed by atoms with E-state index in [2.05, 4.69) is 27.4 Å².